The van der Waals surface area contributed by atoms with Crippen LogP contribution in [-0.4, -0.2) is 23.0 Å². The molecule has 0 radical (unpaired) electrons. The number of hydrogen-bond donors (Lipinski definition) is 2. The van der Waals surface area contributed by atoms with Crippen LogP contribution in [0.5, 0.6) is 0 Å². The van der Waals surface area contributed by atoms with Crippen LogP contribution < -0.4 is 5.32 Å². The lowest BCUT2D eigenvalue weighted by atomic mass is 10.1. The van der Waals surface area contributed by atoms with Gasteiger partial charge in [-0.3, -0.25) is 4.79 Å². The first-order valence-corrected chi connectivity index (χ1v) is 6.79. The molecule has 0 aromatic heterocycles. The number of carboxylic acids is 1. The first kappa shape index (κ1) is 15.4. The van der Waals surface area contributed by atoms with Crippen LogP contribution in [0, 0.1) is 0 Å². The van der Waals surface area contributed by atoms with Crippen molar-refractivity contribution in [2.24, 2.45) is 0 Å². The van der Waals surface area contributed by atoms with E-state index in [1.807, 2.05) is 31.2 Å². The van der Waals surface area contributed by atoms with E-state index in [2.05, 4.69) is 21.2 Å². The van der Waals surface area contributed by atoms with Crippen molar-refractivity contribution < 1.29 is 14.7 Å². The standard InChI is InChI=1S/C14H16BrNO3/c1-2-5-12(14(18)19)16-13(17)9-8-10-6-3-4-7-11(10)15/h3-4,6-9,12H,2,5H2,1H3,(H,16,17)(H,18,19)/b9-8+/t12-/m0/s1. The lowest BCUT2D eigenvalue weighted by Gasteiger charge is -2.11. The smallest absolute Gasteiger partial charge is 0.326 e. The minimum atomic E-state index is -1.01. The van der Waals surface area contributed by atoms with Gasteiger partial charge in [-0.15, -0.1) is 0 Å². The maximum absolute atomic E-state index is 11.6. The molecule has 4 nitrogen and oxygen atoms in total. The Morgan fingerprint density at radius 1 is 1.42 bits per heavy atom. The summed E-state index contributed by atoms with van der Waals surface area (Å²) in [6, 6.07) is 6.63. The molecule has 0 bridgehead atoms. The number of carboxylic acid groups (broad SMARTS) is 1. The van der Waals surface area contributed by atoms with Gasteiger partial charge in [0.05, 0.1) is 0 Å². The molecule has 0 aliphatic carbocycles. The van der Waals surface area contributed by atoms with E-state index in [0.717, 1.165) is 10.0 Å². The largest absolute Gasteiger partial charge is 0.480 e. The number of amides is 1. The van der Waals surface area contributed by atoms with Crippen molar-refractivity contribution >= 4 is 33.9 Å². The van der Waals surface area contributed by atoms with Gasteiger partial charge in [-0.1, -0.05) is 47.5 Å². The molecule has 2 N–H and O–H groups in total. The van der Waals surface area contributed by atoms with Crippen LogP contribution in [0.1, 0.15) is 25.3 Å². The zero-order valence-corrected chi connectivity index (χ0v) is 12.2. The molecule has 1 atom stereocenters. The lowest BCUT2D eigenvalue weighted by Crippen LogP contribution is -2.39. The third-order valence-electron chi connectivity index (χ3n) is 2.51. The molecule has 0 spiro atoms. The van der Waals surface area contributed by atoms with Gasteiger partial charge in [0.1, 0.15) is 6.04 Å². The first-order chi connectivity index (χ1) is 9.04. The van der Waals surface area contributed by atoms with E-state index < -0.39 is 17.9 Å². The topological polar surface area (TPSA) is 66.4 Å². The number of carbonyl (C=O) groups excluding carboxylic acids is 1. The second-order valence-electron chi connectivity index (χ2n) is 4.04. The number of nitrogens with one attached hydrogen (secondary N) is 1. The minimum absolute atomic E-state index is 0.406. The Balaban J connectivity index is 2.64. The highest BCUT2D eigenvalue weighted by molar-refractivity contribution is 9.10. The number of hydrogen-bond acceptors (Lipinski definition) is 2. The van der Waals surface area contributed by atoms with Gasteiger partial charge in [0.2, 0.25) is 5.91 Å². The number of halogens is 1. The van der Waals surface area contributed by atoms with Crippen LogP contribution in [0.25, 0.3) is 6.08 Å². The van der Waals surface area contributed by atoms with E-state index >= 15 is 0 Å². The summed E-state index contributed by atoms with van der Waals surface area (Å²) in [5.74, 6) is -1.42. The molecular weight excluding hydrogens is 310 g/mol. The fourth-order valence-electron chi connectivity index (χ4n) is 1.54. The summed E-state index contributed by atoms with van der Waals surface area (Å²) in [5, 5.41) is 11.4. The molecule has 0 saturated carbocycles. The van der Waals surface area contributed by atoms with Gasteiger partial charge in [0.15, 0.2) is 0 Å². The van der Waals surface area contributed by atoms with Crippen molar-refractivity contribution in [1.29, 1.82) is 0 Å². The molecule has 5 heteroatoms. The Kier molecular flexibility index (Phi) is 6.29. The maximum atomic E-state index is 11.6. The number of carbonyl (C=O) groups is 2. The average Bonchev–Trinajstić information content (AvgIpc) is 2.37. The zero-order valence-electron chi connectivity index (χ0n) is 10.6. The summed E-state index contributed by atoms with van der Waals surface area (Å²) in [5.41, 5.74) is 0.861. The van der Waals surface area contributed by atoms with Crippen LogP contribution >= 0.6 is 15.9 Å². The molecule has 0 heterocycles. The van der Waals surface area contributed by atoms with Gasteiger partial charge < -0.3 is 10.4 Å². The number of benzene rings is 1. The molecule has 0 unspecified atom stereocenters. The molecule has 0 saturated heterocycles. The van der Waals surface area contributed by atoms with Crippen molar-refractivity contribution in [3.63, 3.8) is 0 Å². The Hall–Kier alpha value is -1.62. The van der Waals surface area contributed by atoms with Gasteiger partial charge in [0, 0.05) is 10.5 Å². The predicted octanol–water partition coefficient (Wildman–Crippen LogP) is 2.83. The molecule has 1 amide bonds. The monoisotopic (exact) mass is 325 g/mol. The molecule has 19 heavy (non-hydrogen) atoms. The molecule has 0 aliphatic heterocycles. The highest BCUT2D eigenvalue weighted by atomic mass is 79.9. The fraction of sp³-hybridized carbons (Fsp3) is 0.286. The van der Waals surface area contributed by atoms with E-state index in [1.165, 1.54) is 6.08 Å². The molecule has 1 rings (SSSR count). The van der Waals surface area contributed by atoms with Gasteiger partial charge in [-0.2, -0.15) is 0 Å². The van der Waals surface area contributed by atoms with E-state index in [0.29, 0.717) is 12.8 Å². The van der Waals surface area contributed by atoms with Crippen molar-refractivity contribution in [2.45, 2.75) is 25.8 Å². The molecule has 1 aromatic rings. The zero-order chi connectivity index (χ0) is 14.3. The van der Waals surface area contributed by atoms with Crippen molar-refractivity contribution in [2.75, 3.05) is 0 Å². The summed E-state index contributed by atoms with van der Waals surface area (Å²) in [6.07, 6.45) is 4.10. The average molecular weight is 326 g/mol. The highest BCUT2D eigenvalue weighted by Gasteiger charge is 2.17. The van der Waals surface area contributed by atoms with Crippen molar-refractivity contribution in [3.8, 4) is 0 Å². The van der Waals surface area contributed by atoms with E-state index in [9.17, 15) is 9.59 Å². The second kappa shape index (κ2) is 7.74. The Morgan fingerprint density at radius 2 is 2.11 bits per heavy atom. The quantitative estimate of drug-likeness (QED) is 0.790. The van der Waals surface area contributed by atoms with Crippen LogP contribution in [0.2, 0.25) is 0 Å². The summed E-state index contributed by atoms with van der Waals surface area (Å²) in [6.45, 7) is 1.87. The van der Waals surface area contributed by atoms with Gasteiger partial charge in [-0.25, -0.2) is 4.79 Å². The third-order valence-corrected chi connectivity index (χ3v) is 3.23. The van der Waals surface area contributed by atoms with Crippen molar-refractivity contribution in [1.82, 2.24) is 5.32 Å². The maximum Gasteiger partial charge on any atom is 0.326 e. The van der Waals surface area contributed by atoms with Crippen LogP contribution in [0.4, 0.5) is 0 Å². The van der Waals surface area contributed by atoms with E-state index in [1.54, 1.807) is 6.08 Å². The molecule has 0 aliphatic rings. The molecule has 102 valence electrons. The van der Waals surface area contributed by atoms with E-state index in [4.69, 9.17) is 5.11 Å². The van der Waals surface area contributed by atoms with Crippen LogP contribution in [-0.2, 0) is 9.59 Å². The molecule has 1 aromatic carbocycles. The first-order valence-electron chi connectivity index (χ1n) is 6.00. The summed E-state index contributed by atoms with van der Waals surface area (Å²) >= 11 is 3.37. The van der Waals surface area contributed by atoms with E-state index in [-0.39, 0.29) is 0 Å². The predicted molar refractivity (Wildman–Crippen MR) is 77.7 cm³/mol. The van der Waals surface area contributed by atoms with Crippen molar-refractivity contribution in [3.05, 3.63) is 40.4 Å². The van der Waals surface area contributed by atoms with Gasteiger partial charge in [-0.05, 0) is 24.1 Å². The third kappa shape index (κ3) is 5.26. The molecular formula is C14H16BrNO3. The lowest BCUT2D eigenvalue weighted by molar-refractivity contribution is -0.141. The normalized spacial score (nSPS) is 12.3. The minimum Gasteiger partial charge on any atom is -0.480 e. The highest BCUT2D eigenvalue weighted by Crippen LogP contribution is 2.16. The SMILES string of the molecule is CCC[C@H](NC(=O)/C=C/c1ccccc1Br)C(=O)O. The summed E-state index contributed by atoms with van der Waals surface area (Å²) in [4.78, 5) is 22.5. The summed E-state index contributed by atoms with van der Waals surface area (Å²) in [7, 11) is 0. The number of rotatable bonds is 6. The fourth-order valence-corrected chi connectivity index (χ4v) is 1.96. The molecule has 0 fully saturated rings. The van der Waals surface area contributed by atoms with Gasteiger partial charge >= 0.3 is 5.97 Å². The number of aliphatic carboxylic acids is 1. The van der Waals surface area contributed by atoms with Crippen LogP contribution in [0.3, 0.4) is 0 Å². The Morgan fingerprint density at radius 3 is 2.68 bits per heavy atom. The second-order valence-corrected chi connectivity index (χ2v) is 4.90. The van der Waals surface area contributed by atoms with Crippen LogP contribution in [0.15, 0.2) is 34.8 Å². The summed E-state index contributed by atoms with van der Waals surface area (Å²) < 4.78 is 0.877. The Labute approximate surface area is 120 Å². The Bertz CT molecular complexity index is 485. The van der Waals surface area contributed by atoms with Gasteiger partial charge in [0.25, 0.3) is 0 Å².